The standard InChI is InChI=1S/C10H23N3O2S/c1-2-13-7-3-5-10(9-13)12-16(14,15)8-4-6-11/h10,12H,2-9,11H2,1H3. The van der Waals surface area contributed by atoms with E-state index in [1.807, 2.05) is 0 Å². The largest absolute Gasteiger partial charge is 0.330 e. The Balaban J connectivity index is 2.40. The molecule has 1 rings (SSSR count). The summed E-state index contributed by atoms with van der Waals surface area (Å²) in [6, 6.07) is 0.0801. The number of sulfonamides is 1. The first-order chi connectivity index (χ1) is 7.57. The molecule has 1 unspecified atom stereocenters. The molecule has 1 heterocycles. The Kier molecular flexibility index (Phi) is 5.68. The van der Waals surface area contributed by atoms with Gasteiger partial charge in [-0.1, -0.05) is 6.92 Å². The van der Waals surface area contributed by atoms with Crippen LogP contribution in [0.1, 0.15) is 26.2 Å². The number of piperidine rings is 1. The van der Waals surface area contributed by atoms with Crippen molar-refractivity contribution in [3.05, 3.63) is 0 Å². The van der Waals surface area contributed by atoms with Gasteiger partial charge in [0.1, 0.15) is 0 Å². The lowest BCUT2D eigenvalue weighted by molar-refractivity contribution is 0.211. The van der Waals surface area contributed by atoms with Gasteiger partial charge in [0.05, 0.1) is 5.75 Å². The van der Waals surface area contributed by atoms with Gasteiger partial charge < -0.3 is 10.6 Å². The first-order valence-corrected chi connectivity index (χ1v) is 7.65. The maximum absolute atomic E-state index is 11.7. The Morgan fingerprint density at radius 1 is 1.50 bits per heavy atom. The van der Waals surface area contributed by atoms with E-state index in [1.165, 1.54) is 0 Å². The van der Waals surface area contributed by atoms with Crippen LogP contribution in [-0.2, 0) is 10.0 Å². The van der Waals surface area contributed by atoms with E-state index in [9.17, 15) is 8.42 Å². The highest BCUT2D eigenvalue weighted by molar-refractivity contribution is 7.89. The quantitative estimate of drug-likeness (QED) is 0.680. The second kappa shape index (κ2) is 6.54. The van der Waals surface area contributed by atoms with Crippen molar-refractivity contribution in [1.82, 2.24) is 9.62 Å². The number of likely N-dealkylation sites (tertiary alicyclic amines) is 1. The number of rotatable bonds is 6. The third kappa shape index (κ3) is 4.78. The molecule has 1 atom stereocenters. The van der Waals surface area contributed by atoms with Crippen molar-refractivity contribution in [2.75, 3.05) is 31.9 Å². The van der Waals surface area contributed by atoms with Gasteiger partial charge in [-0.15, -0.1) is 0 Å². The molecule has 5 nitrogen and oxygen atoms in total. The Bertz CT molecular complexity index is 292. The molecule has 1 aliphatic rings. The first-order valence-electron chi connectivity index (χ1n) is 6.00. The van der Waals surface area contributed by atoms with Gasteiger partial charge in [0.15, 0.2) is 0 Å². The molecule has 1 aliphatic heterocycles. The van der Waals surface area contributed by atoms with Crippen molar-refractivity contribution >= 4 is 10.0 Å². The number of nitrogens with one attached hydrogen (secondary N) is 1. The van der Waals surface area contributed by atoms with Crippen molar-refractivity contribution in [2.24, 2.45) is 5.73 Å². The minimum Gasteiger partial charge on any atom is -0.330 e. The SMILES string of the molecule is CCN1CCCC(NS(=O)(=O)CCCN)C1. The van der Waals surface area contributed by atoms with E-state index < -0.39 is 10.0 Å². The monoisotopic (exact) mass is 249 g/mol. The van der Waals surface area contributed by atoms with Gasteiger partial charge in [0, 0.05) is 12.6 Å². The summed E-state index contributed by atoms with van der Waals surface area (Å²) in [5.74, 6) is 0.145. The summed E-state index contributed by atoms with van der Waals surface area (Å²) in [4.78, 5) is 2.28. The normalized spacial score (nSPS) is 23.5. The number of hydrogen-bond donors (Lipinski definition) is 2. The molecule has 0 aromatic heterocycles. The minimum atomic E-state index is -3.13. The average Bonchev–Trinajstić information content (AvgIpc) is 2.26. The van der Waals surface area contributed by atoms with E-state index in [4.69, 9.17) is 5.73 Å². The van der Waals surface area contributed by atoms with Gasteiger partial charge >= 0.3 is 0 Å². The third-order valence-electron chi connectivity index (χ3n) is 2.92. The predicted octanol–water partition coefficient (Wildman–Crippen LogP) is -0.261. The van der Waals surface area contributed by atoms with Crippen LogP contribution >= 0.6 is 0 Å². The van der Waals surface area contributed by atoms with Crippen LogP contribution in [0, 0.1) is 0 Å². The zero-order chi connectivity index (χ0) is 12.0. The van der Waals surface area contributed by atoms with Crippen molar-refractivity contribution in [3.8, 4) is 0 Å². The second-order valence-electron chi connectivity index (χ2n) is 4.31. The lowest BCUT2D eigenvalue weighted by Crippen LogP contribution is -2.48. The van der Waals surface area contributed by atoms with Crippen LogP contribution in [0.25, 0.3) is 0 Å². The summed E-state index contributed by atoms with van der Waals surface area (Å²) >= 11 is 0. The minimum absolute atomic E-state index is 0.0801. The second-order valence-corrected chi connectivity index (χ2v) is 6.18. The van der Waals surface area contributed by atoms with Crippen LogP contribution in [0.15, 0.2) is 0 Å². The fourth-order valence-corrected chi connectivity index (χ4v) is 3.39. The molecule has 0 aliphatic carbocycles. The van der Waals surface area contributed by atoms with Crippen LogP contribution in [0.2, 0.25) is 0 Å². The molecule has 1 saturated heterocycles. The highest BCUT2D eigenvalue weighted by Crippen LogP contribution is 2.10. The lowest BCUT2D eigenvalue weighted by atomic mass is 10.1. The van der Waals surface area contributed by atoms with Gasteiger partial charge in [-0.2, -0.15) is 0 Å². The van der Waals surface area contributed by atoms with E-state index >= 15 is 0 Å². The summed E-state index contributed by atoms with van der Waals surface area (Å²) in [6.07, 6.45) is 2.54. The highest BCUT2D eigenvalue weighted by Gasteiger charge is 2.22. The summed E-state index contributed by atoms with van der Waals surface area (Å²) in [6.45, 7) is 5.43. The first kappa shape index (κ1) is 13.9. The van der Waals surface area contributed by atoms with Crippen molar-refractivity contribution in [2.45, 2.75) is 32.2 Å². The molecule has 6 heteroatoms. The molecule has 0 bridgehead atoms. The zero-order valence-corrected chi connectivity index (χ0v) is 10.8. The maximum atomic E-state index is 11.7. The number of nitrogens with zero attached hydrogens (tertiary/aromatic N) is 1. The molecule has 0 aromatic rings. The van der Waals surface area contributed by atoms with Gasteiger partial charge in [0.25, 0.3) is 0 Å². The maximum Gasteiger partial charge on any atom is 0.211 e. The van der Waals surface area contributed by atoms with E-state index in [0.29, 0.717) is 13.0 Å². The highest BCUT2D eigenvalue weighted by atomic mass is 32.2. The van der Waals surface area contributed by atoms with E-state index in [-0.39, 0.29) is 11.8 Å². The van der Waals surface area contributed by atoms with E-state index in [2.05, 4.69) is 16.5 Å². The Morgan fingerprint density at radius 2 is 2.25 bits per heavy atom. The summed E-state index contributed by atoms with van der Waals surface area (Å²) in [5, 5.41) is 0. The molecule has 0 spiro atoms. The average molecular weight is 249 g/mol. The Morgan fingerprint density at radius 3 is 2.88 bits per heavy atom. The summed E-state index contributed by atoms with van der Waals surface area (Å²) in [5.41, 5.74) is 5.31. The van der Waals surface area contributed by atoms with Gasteiger partial charge in [-0.3, -0.25) is 0 Å². The third-order valence-corrected chi connectivity index (χ3v) is 4.43. The molecule has 0 saturated carbocycles. The molecule has 0 amide bonds. The smallest absolute Gasteiger partial charge is 0.211 e. The van der Waals surface area contributed by atoms with Gasteiger partial charge in [0.2, 0.25) is 10.0 Å². The number of nitrogens with two attached hydrogens (primary N) is 1. The van der Waals surface area contributed by atoms with Gasteiger partial charge in [-0.25, -0.2) is 13.1 Å². The molecular weight excluding hydrogens is 226 g/mol. The molecule has 0 radical (unpaired) electrons. The topological polar surface area (TPSA) is 75.4 Å². The number of likely N-dealkylation sites (N-methyl/N-ethyl adjacent to an activating group) is 1. The van der Waals surface area contributed by atoms with Crippen LogP contribution in [0.3, 0.4) is 0 Å². The van der Waals surface area contributed by atoms with Gasteiger partial charge in [-0.05, 0) is 38.9 Å². The molecule has 1 fully saturated rings. The van der Waals surface area contributed by atoms with Crippen molar-refractivity contribution in [3.63, 3.8) is 0 Å². The van der Waals surface area contributed by atoms with Crippen molar-refractivity contribution in [1.29, 1.82) is 0 Å². The van der Waals surface area contributed by atoms with E-state index in [0.717, 1.165) is 32.5 Å². The molecule has 3 N–H and O–H groups in total. The van der Waals surface area contributed by atoms with Crippen molar-refractivity contribution < 1.29 is 8.42 Å². The lowest BCUT2D eigenvalue weighted by Gasteiger charge is -2.32. The fraction of sp³-hybridized carbons (Fsp3) is 1.00. The summed E-state index contributed by atoms with van der Waals surface area (Å²) in [7, 11) is -3.13. The fourth-order valence-electron chi connectivity index (χ4n) is 2.03. The predicted molar refractivity (Wildman–Crippen MR) is 65.7 cm³/mol. The zero-order valence-electron chi connectivity index (χ0n) is 9.98. The summed E-state index contributed by atoms with van der Waals surface area (Å²) < 4.78 is 26.1. The molecule has 0 aromatic carbocycles. The van der Waals surface area contributed by atoms with Crippen LogP contribution in [0.5, 0.6) is 0 Å². The van der Waals surface area contributed by atoms with Crippen LogP contribution in [-0.4, -0.2) is 51.3 Å². The van der Waals surface area contributed by atoms with Crippen LogP contribution in [0.4, 0.5) is 0 Å². The molecule has 96 valence electrons. The Labute approximate surface area is 98.4 Å². The van der Waals surface area contributed by atoms with Crippen LogP contribution < -0.4 is 10.5 Å². The molecular formula is C10H23N3O2S. The number of hydrogen-bond acceptors (Lipinski definition) is 4. The Hall–Kier alpha value is -0.170. The molecule has 16 heavy (non-hydrogen) atoms. The van der Waals surface area contributed by atoms with E-state index in [1.54, 1.807) is 0 Å².